The molecule has 0 aliphatic heterocycles. The Labute approximate surface area is 93.7 Å². The van der Waals surface area contributed by atoms with Crippen LogP contribution in [0.2, 0.25) is 5.28 Å². The van der Waals surface area contributed by atoms with Crippen molar-refractivity contribution < 1.29 is 0 Å². The molecule has 82 valence electrons. The van der Waals surface area contributed by atoms with Gasteiger partial charge in [0.1, 0.15) is 0 Å². The first-order valence-corrected chi connectivity index (χ1v) is 5.41. The number of nitrogens with zero attached hydrogens (tertiary/aromatic N) is 3. The Balaban J connectivity index is 2.04. The van der Waals surface area contributed by atoms with E-state index >= 15 is 0 Å². The lowest BCUT2D eigenvalue weighted by molar-refractivity contribution is 0.308. The van der Waals surface area contributed by atoms with E-state index in [2.05, 4.69) is 32.5 Å². The van der Waals surface area contributed by atoms with E-state index in [9.17, 15) is 0 Å². The van der Waals surface area contributed by atoms with Gasteiger partial charge in [0.05, 0.1) is 0 Å². The molecule has 1 aliphatic carbocycles. The lowest BCUT2D eigenvalue weighted by atomic mass is 9.82. The van der Waals surface area contributed by atoms with Crippen molar-refractivity contribution in [2.45, 2.75) is 25.8 Å². The number of rotatable bonds is 3. The van der Waals surface area contributed by atoms with Gasteiger partial charge in [-0.05, 0) is 30.4 Å². The summed E-state index contributed by atoms with van der Waals surface area (Å²) < 4.78 is 0. The highest BCUT2D eigenvalue weighted by Crippen LogP contribution is 2.28. The SMILES string of the molecule is CNc1nc(Cl)nc(NC2CC(C)C2)n1. The molecule has 0 spiro atoms. The number of nitrogens with one attached hydrogen (secondary N) is 2. The summed E-state index contributed by atoms with van der Waals surface area (Å²) in [6, 6.07) is 0.475. The van der Waals surface area contributed by atoms with E-state index in [-0.39, 0.29) is 5.28 Å². The number of halogens is 1. The van der Waals surface area contributed by atoms with Crippen LogP contribution in [-0.4, -0.2) is 28.0 Å². The van der Waals surface area contributed by atoms with Crippen LogP contribution in [0.5, 0.6) is 0 Å². The smallest absolute Gasteiger partial charge is 0.229 e. The summed E-state index contributed by atoms with van der Waals surface area (Å²) in [6.07, 6.45) is 2.33. The van der Waals surface area contributed by atoms with Gasteiger partial charge in [-0.3, -0.25) is 0 Å². The normalized spacial score (nSPS) is 24.5. The van der Waals surface area contributed by atoms with Crippen LogP contribution in [0.25, 0.3) is 0 Å². The van der Waals surface area contributed by atoms with Crippen molar-refractivity contribution in [3.05, 3.63) is 5.28 Å². The molecule has 2 rings (SSSR count). The van der Waals surface area contributed by atoms with Crippen molar-refractivity contribution in [1.29, 1.82) is 0 Å². The first-order valence-electron chi connectivity index (χ1n) is 5.03. The summed E-state index contributed by atoms with van der Waals surface area (Å²) in [5.74, 6) is 1.84. The summed E-state index contributed by atoms with van der Waals surface area (Å²) in [5, 5.41) is 6.29. The van der Waals surface area contributed by atoms with Crippen LogP contribution in [0.1, 0.15) is 19.8 Å². The van der Waals surface area contributed by atoms with Gasteiger partial charge in [-0.25, -0.2) is 0 Å². The third-order valence-electron chi connectivity index (χ3n) is 2.54. The second-order valence-electron chi connectivity index (χ2n) is 3.92. The van der Waals surface area contributed by atoms with E-state index in [1.165, 1.54) is 0 Å². The highest BCUT2D eigenvalue weighted by Gasteiger charge is 2.25. The lowest BCUT2D eigenvalue weighted by Crippen LogP contribution is -2.34. The zero-order valence-electron chi connectivity index (χ0n) is 8.79. The van der Waals surface area contributed by atoms with Crippen LogP contribution >= 0.6 is 11.6 Å². The molecule has 1 heterocycles. The predicted molar refractivity (Wildman–Crippen MR) is 60.2 cm³/mol. The summed E-state index contributed by atoms with van der Waals surface area (Å²) in [5.41, 5.74) is 0. The van der Waals surface area contributed by atoms with Gasteiger partial charge in [-0.1, -0.05) is 6.92 Å². The van der Waals surface area contributed by atoms with E-state index in [0.29, 0.717) is 17.9 Å². The largest absolute Gasteiger partial charge is 0.357 e. The molecule has 1 saturated carbocycles. The Bertz CT molecular complexity index is 350. The quantitative estimate of drug-likeness (QED) is 0.824. The van der Waals surface area contributed by atoms with Gasteiger partial charge in [-0.15, -0.1) is 0 Å². The Kier molecular flexibility index (Phi) is 2.90. The molecule has 0 saturated heterocycles. The van der Waals surface area contributed by atoms with Crippen molar-refractivity contribution >= 4 is 23.5 Å². The van der Waals surface area contributed by atoms with Crippen molar-refractivity contribution in [2.75, 3.05) is 17.7 Å². The van der Waals surface area contributed by atoms with Gasteiger partial charge >= 0.3 is 0 Å². The van der Waals surface area contributed by atoms with Gasteiger partial charge in [0.15, 0.2) is 0 Å². The maximum absolute atomic E-state index is 5.76. The zero-order chi connectivity index (χ0) is 10.8. The van der Waals surface area contributed by atoms with Gasteiger partial charge in [0.25, 0.3) is 0 Å². The fourth-order valence-electron chi connectivity index (χ4n) is 1.73. The number of anilines is 2. The summed E-state index contributed by atoms with van der Waals surface area (Å²) in [4.78, 5) is 12.1. The number of hydrogen-bond acceptors (Lipinski definition) is 5. The number of hydrogen-bond donors (Lipinski definition) is 2. The monoisotopic (exact) mass is 227 g/mol. The first kappa shape index (κ1) is 10.4. The van der Waals surface area contributed by atoms with Crippen LogP contribution in [-0.2, 0) is 0 Å². The van der Waals surface area contributed by atoms with Crippen LogP contribution in [0.4, 0.5) is 11.9 Å². The minimum Gasteiger partial charge on any atom is -0.357 e. The number of aromatic nitrogens is 3. The standard InChI is InChI=1S/C9H14ClN5/c1-5-3-6(4-5)12-9-14-7(10)13-8(11-2)15-9/h5-6H,3-4H2,1-2H3,(H2,11,12,13,14,15). The molecule has 1 aromatic heterocycles. The minimum atomic E-state index is 0.212. The molecule has 0 bridgehead atoms. The third kappa shape index (κ3) is 2.47. The maximum Gasteiger partial charge on any atom is 0.229 e. The molecule has 2 N–H and O–H groups in total. The molecule has 15 heavy (non-hydrogen) atoms. The molecule has 1 aromatic rings. The van der Waals surface area contributed by atoms with Crippen LogP contribution in [0, 0.1) is 5.92 Å². The summed E-state index contributed by atoms with van der Waals surface area (Å²) in [6.45, 7) is 2.23. The molecule has 0 atom stereocenters. The van der Waals surface area contributed by atoms with Gasteiger partial charge in [-0.2, -0.15) is 15.0 Å². The molecule has 0 unspecified atom stereocenters. The van der Waals surface area contributed by atoms with Gasteiger partial charge in [0, 0.05) is 13.1 Å². The van der Waals surface area contributed by atoms with E-state index in [1.54, 1.807) is 7.05 Å². The van der Waals surface area contributed by atoms with Crippen LogP contribution < -0.4 is 10.6 Å². The summed E-state index contributed by atoms with van der Waals surface area (Å²) >= 11 is 5.76. The fraction of sp³-hybridized carbons (Fsp3) is 0.667. The van der Waals surface area contributed by atoms with Crippen LogP contribution in [0.15, 0.2) is 0 Å². The average Bonchev–Trinajstić information content (AvgIpc) is 2.14. The van der Waals surface area contributed by atoms with E-state index in [0.717, 1.165) is 18.8 Å². The first-order chi connectivity index (χ1) is 7.17. The summed E-state index contributed by atoms with van der Waals surface area (Å²) in [7, 11) is 1.75. The average molecular weight is 228 g/mol. The second-order valence-corrected chi connectivity index (χ2v) is 4.26. The molecule has 1 fully saturated rings. The maximum atomic E-state index is 5.76. The Morgan fingerprint density at radius 3 is 2.47 bits per heavy atom. The molecule has 1 aliphatic rings. The van der Waals surface area contributed by atoms with Crippen molar-refractivity contribution in [3.8, 4) is 0 Å². The van der Waals surface area contributed by atoms with Crippen molar-refractivity contribution in [2.24, 2.45) is 5.92 Å². The van der Waals surface area contributed by atoms with Gasteiger partial charge in [0.2, 0.25) is 17.2 Å². The van der Waals surface area contributed by atoms with Crippen molar-refractivity contribution in [1.82, 2.24) is 15.0 Å². The molecule has 6 heteroatoms. The molecule has 5 nitrogen and oxygen atoms in total. The molecule has 0 aromatic carbocycles. The van der Waals surface area contributed by atoms with E-state index in [4.69, 9.17) is 11.6 Å². The highest BCUT2D eigenvalue weighted by molar-refractivity contribution is 6.28. The Morgan fingerprint density at radius 2 is 1.87 bits per heavy atom. The lowest BCUT2D eigenvalue weighted by Gasteiger charge is -2.33. The fourth-order valence-corrected chi connectivity index (χ4v) is 1.89. The topological polar surface area (TPSA) is 62.7 Å². The van der Waals surface area contributed by atoms with Gasteiger partial charge < -0.3 is 10.6 Å². The molecule has 0 radical (unpaired) electrons. The van der Waals surface area contributed by atoms with E-state index < -0.39 is 0 Å². The van der Waals surface area contributed by atoms with Crippen molar-refractivity contribution in [3.63, 3.8) is 0 Å². The predicted octanol–water partition coefficient (Wildman–Crippen LogP) is 1.78. The molecular formula is C9H14ClN5. The van der Waals surface area contributed by atoms with E-state index in [1.807, 2.05) is 0 Å². The third-order valence-corrected chi connectivity index (χ3v) is 2.71. The Hall–Kier alpha value is -1.10. The molecule has 0 amide bonds. The highest BCUT2D eigenvalue weighted by atomic mass is 35.5. The Morgan fingerprint density at radius 1 is 1.20 bits per heavy atom. The second kappa shape index (κ2) is 4.18. The minimum absolute atomic E-state index is 0.212. The molecular weight excluding hydrogens is 214 g/mol. The zero-order valence-corrected chi connectivity index (χ0v) is 9.54. The van der Waals surface area contributed by atoms with Crippen LogP contribution in [0.3, 0.4) is 0 Å².